The van der Waals surface area contributed by atoms with Crippen LogP contribution in [0.3, 0.4) is 0 Å². The van der Waals surface area contributed by atoms with E-state index in [9.17, 15) is 4.39 Å². The fourth-order valence-corrected chi connectivity index (χ4v) is 1.02. The summed E-state index contributed by atoms with van der Waals surface area (Å²) in [6, 6.07) is 0. The van der Waals surface area contributed by atoms with Gasteiger partial charge < -0.3 is 0 Å². The van der Waals surface area contributed by atoms with Crippen LogP contribution >= 0.6 is 0 Å². The minimum absolute atomic E-state index is 0.205. The van der Waals surface area contributed by atoms with Crippen LogP contribution in [0.4, 0.5) is 4.39 Å². The van der Waals surface area contributed by atoms with Crippen LogP contribution in [0, 0.1) is 0 Å². The summed E-state index contributed by atoms with van der Waals surface area (Å²) in [6.07, 6.45) is 2.90. The lowest BCUT2D eigenvalue weighted by molar-refractivity contribution is 0.667. The molecule has 0 atom stereocenters. The molecule has 0 aliphatic rings. The van der Waals surface area contributed by atoms with E-state index in [0.29, 0.717) is 11.3 Å². The van der Waals surface area contributed by atoms with Crippen molar-refractivity contribution in [1.29, 1.82) is 0 Å². The lowest BCUT2D eigenvalue weighted by Crippen LogP contribution is -1.94. The number of nitrogens with zero attached hydrogens (tertiary/aromatic N) is 1. The van der Waals surface area contributed by atoms with E-state index in [0.717, 1.165) is 12.1 Å². The van der Waals surface area contributed by atoms with Gasteiger partial charge in [0.25, 0.3) is 0 Å². The summed E-state index contributed by atoms with van der Waals surface area (Å²) in [7, 11) is 0. The number of hydrogen-bond acceptors (Lipinski definition) is 1. The zero-order valence-corrected chi connectivity index (χ0v) is 9.11. The zero-order chi connectivity index (χ0) is 10.4. The molecule has 0 aliphatic carbocycles. The molecular formula is C11H18FN. The van der Waals surface area contributed by atoms with Crippen LogP contribution in [0.1, 0.15) is 41.0 Å². The van der Waals surface area contributed by atoms with Crippen LogP contribution < -0.4 is 0 Å². The Balaban J connectivity index is 4.70. The van der Waals surface area contributed by atoms with Crippen LogP contribution in [-0.4, -0.2) is 5.71 Å². The minimum atomic E-state index is -0.205. The van der Waals surface area contributed by atoms with Crippen molar-refractivity contribution in [2.75, 3.05) is 0 Å². The number of hydrogen-bond donors (Lipinski definition) is 0. The molecule has 0 spiro atoms. The number of aliphatic imine (C=N–C) groups is 1. The van der Waals surface area contributed by atoms with Gasteiger partial charge in [0.1, 0.15) is 5.83 Å². The van der Waals surface area contributed by atoms with Crippen LogP contribution in [0.25, 0.3) is 0 Å². The molecule has 0 bridgehead atoms. The predicted molar refractivity (Wildman–Crippen MR) is 56.6 cm³/mol. The molecule has 1 nitrogen and oxygen atoms in total. The average molecular weight is 183 g/mol. The second-order valence-electron chi connectivity index (χ2n) is 3.26. The Morgan fingerprint density at radius 2 is 1.77 bits per heavy atom. The van der Waals surface area contributed by atoms with E-state index in [4.69, 9.17) is 0 Å². The molecule has 0 amide bonds. The molecule has 0 aromatic heterocycles. The normalized spacial score (nSPS) is 13.1. The van der Waals surface area contributed by atoms with Crippen LogP contribution in [-0.2, 0) is 0 Å². The first-order valence-electron chi connectivity index (χ1n) is 4.54. The molecule has 0 radical (unpaired) electrons. The van der Waals surface area contributed by atoms with Gasteiger partial charge >= 0.3 is 0 Å². The van der Waals surface area contributed by atoms with E-state index in [1.165, 1.54) is 0 Å². The molecule has 0 saturated heterocycles. The monoisotopic (exact) mass is 183 g/mol. The van der Waals surface area contributed by atoms with E-state index in [2.05, 4.69) is 4.99 Å². The molecule has 0 rings (SSSR count). The van der Waals surface area contributed by atoms with E-state index < -0.39 is 0 Å². The van der Waals surface area contributed by atoms with Gasteiger partial charge in [0.2, 0.25) is 0 Å². The highest BCUT2D eigenvalue weighted by Gasteiger charge is 2.01. The molecule has 0 unspecified atom stereocenters. The minimum Gasteiger partial charge on any atom is -0.256 e. The number of allylic oxidation sites excluding steroid dienone is 4. The molecule has 0 aromatic carbocycles. The van der Waals surface area contributed by atoms with Gasteiger partial charge in [-0.1, -0.05) is 13.0 Å². The molecule has 0 N–H and O–H groups in total. The van der Waals surface area contributed by atoms with Gasteiger partial charge in [0.15, 0.2) is 0 Å². The summed E-state index contributed by atoms with van der Waals surface area (Å²) in [5.74, 6) is -0.205. The molecule has 0 aromatic rings. The number of halogens is 1. The molecule has 0 aliphatic heterocycles. The summed E-state index contributed by atoms with van der Waals surface area (Å²) < 4.78 is 13.2. The van der Waals surface area contributed by atoms with Crippen LogP contribution in [0.2, 0.25) is 0 Å². The van der Waals surface area contributed by atoms with Crippen LogP contribution in [0.5, 0.6) is 0 Å². The number of rotatable bonds is 3. The van der Waals surface area contributed by atoms with Crippen LogP contribution in [0.15, 0.2) is 28.2 Å². The van der Waals surface area contributed by atoms with Crippen molar-refractivity contribution >= 4 is 5.71 Å². The Morgan fingerprint density at radius 1 is 1.23 bits per heavy atom. The topological polar surface area (TPSA) is 12.4 Å². The predicted octanol–water partition coefficient (Wildman–Crippen LogP) is 4.02. The second kappa shape index (κ2) is 5.68. The van der Waals surface area contributed by atoms with Gasteiger partial charge in [-0.2, -0.15) is 0 Å². The standard InChI is InChI=1S/C11H18FN/c1-6-7-9(4)13-10(5)11(12)8(2)3/h7H,6H2,1-5H3/b9-7+,13-10?. The third kappa shape index (κ3) is 4.61. The van der Waals surface area contributed by atoms with E-state index in [-0.39, 0.29) is 5.83 Å². The highest BCUT2D eigenvalue weighted by atomic mass is 19.1. The largest absolute Gasteiger partial charge is 0.256 e. The van der Waals surface area contributed by atoms with Gasteiger partial charge in [-0.3, -0.25) is 4.99 Å². The maximum absolute atomic E-state index is 13.2. The van der Waals surface area contributed by atoms with Crippen molar-refractivity contribution in [1.82, 2.24) is 0 Å². The second-order valence-corrected chi connectivity index (χ2v) is 3.26. The lowest BCUT2D eigenvalue weighted by atomic mass is 10.2. The zero-order valence-electron chi connectivity index (χ0n) is 9.11. The highest BCUT2D eigenvalue weighted by Crippen LogP contribution is 2.09. The Morgan fingerprint density at radius 3 is 2.15 bits per heavy atom. The first-order valence-corrected chi connectivity index (χ1v) is 4.54. The van der Waals surface area contributed by atoms with Crippen molar-refractivity contribution in [3.63, 3.8) is 0 Å². The SMILES string of the molecule is CC/C=C(\C)N=C(C)C(F)=C(C)C. The van der Waals surface area contributed by atoms with E-state index in [1.807, 2.05) is 19.9 Å². The van der Waals surface area contributed by atoms with Crippen molar-refractivity contribution < 1.29 is 4.39 Å². The quantitative estimate of drug-likeness (QED) is 0.586. The van der Waals surface area contributed by atoms with Gasteiger partial charge in [-0.15, -0.1) is 0 Å². The highest BCUT2D eigenvalue weighted by molar-refractivity contribution is 5.97. The molecule has 0 fully saturated rings. The van der Waals surface area contributed by atoms with Crippen molar-refractivity contribution in [3.05, 3.63) is 23.2 Å². The van der Waals surface area contributed by atoms with Gasteiger partial charge in [0.05, 0.1) is 5.71 Å². The molecule has 13 heavy (non-hydrogen) atoms. The third-order valence-corrected chi connectivity index (χ3v) is 1.60. The summed E-state index contributed by atoms with van der Waals surface area (Å²) in [6.45, 7) is 9.09. The van der Waals surface area contributed by atoms with Gasteiger partial charge in [0, 0.05) is 5.70 Å². The summed E-state index contributed by atoms with van der Waals surface area (Å²) >= 11 is 0. The lowest BCUT2D eigenvalue weighted by Gasteiger charge is -1.99. The Hall–Kier alpha value is -0.920. The van der Waals surface area contributed by atoms with Crippen molar-refractivity contribution in [2.24, 2.45) is 4.99 Å². The fraction of sp³-hybridized carbons (Fsp3) is 0.545. The molecular weight excluding hydrogens is 165 g/mol. The third-order valence-electron chi connectivity index (χ3n) is 1.60. The fourth-order valence-electron chi connectivity index (χ4n) is 1.02. The first kappa shape index (κ1) is 12.1. The Bertz CT molecular complexity index is 255. The average Bonchev–Trinajstić information content (AvgIpc) is 2.03. The smallest absolute Gasteiger partial charge is 0.142 e. The van der Waals surface area contributed by atoms with E-state index in [1.54, 1.807) is 20.8 Å². The molecule has 74 valence electrons. The Labute approximate surface area is 80.1 Å². The molecule has 0 saturated carbocycles. The Kier molecular flexibility index (Phi) is 5.28. The summed E-state index contributed by atoms with van der Waals surface area (Å²) in [5.41, 5.74) is 2.00. The van der Waals surface area contributed by atoms with Gasteiger partial charge in [-0.25, -0.2) is 4.39 Å². The van der Waals surface area contributed by atoms with Crippen molar-refractivity contribution in [2.45, 2.75) is 41.0 Å². The molecule has 0 heterocycles. The molecule has 2 heteroatoms. The van der Waals surface area contributed by atoms with E-state index >= 15 is 0 Å². The summed E-state index contributed by atoms with van der Waals surface area (Å²) in [4.78, 5) is 4.13. The first-order chi connectivity index (χ1) is 5.99. The summed E-state index contributed by atoms with van der Waals surface area (Å²) in [5, 5.41) is 0. The maximum atomic E-state index is 13.2. The van der Waals surface area contributed by atoms with Gasteiger partial charge in [-0.05, 0) is 39.7 Å². The van der Waals surface area contributed by atoms with Crippen molar-refractivity contribution in [3.8, 4) is 0 Å². The maximum Gasteiger partial charge on any atom is 0.142 e.